The summed E-state index contributed by atoms with van der Waals surface area (Å²) >= 11 is 0. The average molecular weight is 316 g/mol. The molecule has 0 saturated carbocycles. The van der Waals surface area contributed by atoms with Gasteiger partial charge in [0, 0.05) is 34.9 Å². The van der Waals surface area contributed by atoms with E-state index < -0.39 is 0 Å². The van der Waals surface area contributed by atoms with Gasteiger partial charge in [0.25, 0.3) is 0 Å². The maximum atomic E-state index is 4.88. The van der Waals surface area contributed by atoms with Crippen LogP contribution in [0.5, 0.6) is 0 Å². The Morgan fingerprint density at radius 1 is 0.917 bits per heavy atom. The SMILES string of the molecule is Cc1ccc(C2=NCc3ncc(C)n3-c3cc(C)c(C)cc32)cn1. The van der Waals surface area contributed by atoms with Gasteiger partial charge in [-0.25, -0.2) is 4.98 Å². The number of pyridine rings is 1. The number of aromatic nitrogens is 3. The molecule has 3 aromatic rings. The van der Waals surface area contributed by atoms with Crippen molar-refractivity contribution in [3.8, 4) is 5.69 Å². The van der Waals surface area contributed by atoms with Crippen LogP contribution in [0.1, 0.15) is 39.5 Å². The Kier molecular flexibility index (Phi) is 3.34. The van der Waals surface area contributed by atoms with Crippen LogP contribution in [0.15, 0.2) is 41.7 Å². The van der Waals surface area contributed by atoms with Crippen molar-refractivity contribution in [1.29, 1.82) is 0 Å². The van der Waals surface area contributed by atoms with E-state index in [-0.39, 0.29) is 0 Å². The minimum atomic E-state index is 0.573. The predicted octanol–water partition coefficient (Wildman–Crippen LogP) is 3.85. The lowest BCUT2D eigenvalue weighted by Crippen LogP contribution is -2.09. The highest BCUT2D eigenvalue weighted by molar-refractivity contribution is 6.15. The number of aliphatic imine (C=N–C) groups is 1. The fraction of sp³-hybridized carbons (Fsp3) is 0.250. The summed E-state index contributed by atoms with van der Waals surface area (Å²) in [5, 5.41) is 0. The molecule has 1 aliphatic rings. The van der Waals surface area contributed by atoms with E-state index in [0.29, 0.717) is 6.54 Å². The van der Waals surface area contributed by atoms with Gasteiger partial charge in [0.2, 0.25) is 0 Å². The molecule has 0 fully saturated rings. The molecule has 0 N–H and O–H groups in total. The Bertz CT molecular complexity index is 962. The molecule has 0 saturated heterocycles. The molecule has 1 aromatic carbocycles. The van der Waals surface area contributed by atoms with E-state index >= 15 is 0 Å². The van der Waals surface area contributed by atoms with E-state index in [4.69, 9.17) is 4.99 Å². The molecule has 0 radical (unpaired) electrons. The highest BCUT2D eigenvalue weighted by Gasteiger charge is 2.21. The number of aryl methyl sites for hydroxylation is 4. The molecule has 0 bridgehead atoms. The lowest BCUT2D eigenvalue weighted by molar-refractivity contribution is 0.862. The normalized spacial score (nSPS) is 13.1. The van der Waals surface area contributed by atoms with Gasteiger partial charge in [0.15, 0.2) is 0 Å². The fourth-order valence-corrected chi connectivity index (χ4v) is 3.19. The Morgan fingerprint density at radius 2 is 1.71 bits per heavy atom. The molecule has 120 valence electrons. The molecule has 3 heterocycles. The summed E-state index contributed by atoms with van der Waals surface area (Å²) in [6, 6.07) is 8.61. The summed E-state index contributed by atoms with van der Waals surface area (Å²) in [5.41, 5.74) is 9.02. The number of imidazole rings is 1. The summed E-state index contributed by atoms with van der Waals surface area (Å²) in [6.45, 7) is 8.96. The van der Waals surface area contributed by atoms with Crippen LogP contribution in [0.3, 0.4) is 0 Å². The van der Waals surface area contributed by atoms with Crippen LogP contribution in [-0.4, -0.2) is 20.2 Å². The number of nitrogens with zero attached hydrogens (tertiary/aromatic N) is 4. The van der Waals surface area contributed by atoms with E-state index in [1.807, 2.05) is 25.4 Å². The zero-order valence-electron chi connectivity index (χ0n) is 14.5. The second kappa shape index (κ2) is 5.41. The predicted molar refractivity (Wildman–Crippen MR) is 96.1 cm³/mol. The van der Waals surface area contributed by atoms with Gasteiger partial charge in [-0.05, 0) is 63.1 Å². The number of benzene rings is 1. The largest absolute Gasteiger partial charge is 0.299 e. The maximum Gasteiger partial charge on any atom is 0.135 e. The maximum absolute atomic E-state index is 4.88. The van der Waals surface area contributed by atoms with Gasteiger partial charge < -0.3 is 0 Å². The minimum Gasteiger partial charge on any atom is -0.299 e. The first-order valence-corrected chi connectivity index (χ1v) is 8.17. The van der Waals surface area contributed by atoms with Gasteiger partial charge in [-0.15, -0.1) is 0 Å². The smallest absolute Gasteiger partial charge is 0.135 e. The summed E-state index contributed by atoms with van der Waals surface area (Å²) in [4.78, 5) is 13.9. The number of hydrogen-bond donors (Lipinski definition) is 0. The zero-order chi connectivity index (χ0) is 16.8. The molecule has 0 amide bonds. The van der Waals surface area contributed by atoms with Crippen LogP contribution in [0.25, 0.3) is 5.69 Å². The quantitative estimate of drug-likeness (QED) is 0.684. The molecule has 4 rings (SSSR count). The second-order valence-electron chi connectivity index (χ2n) is 6.46. The van der Waals surface area contributed by atoms with Crippen molar-refractivity contribution in [3.63, 3.8) is 0 Å². The number of fused-ring (bicyclic) bond motifs is 3. The van der Waals surface area contributed by atoms with Crippen LogP contribution in [0.2, 0.25) is 0 Å². The summed E-state index contributed by atoms with van der Waals surface area (Å²) < 4.78 is 2.22. The molecular weight excluding hydrogens is 296 g/mol. The lowest BCUT2D eigenvalue weighted by Gasteiger charge is -2.16. The molecule has 24 heavy (non-hydrogen) atoms. The van der Waals surface area contributed by atoms with Gasteiger partial charge >= 0.3 is 0 Å². The molecule has 0 unspecified atom stereocenters. The van der Waals surface area contributed by atoms with Gasteiger partial charge in [-0.2, -0.15) is 0 Å². The number of rotatable bonds is 1. The Labute approximate surface area is 141 Å². The molecule has 1 aliphatic heterocycles. The third-order valence-electron chi connectivity index (χ3n) is 4.68. The molecule has 2 aromatic heterocycles. The molecule has 0 spiro atoms. The summed E-state index contributed by atoms with van der Waals surface area (Å²) in [5.74, 6) is 0.979. The summed E-state index contributed by atoms with van der Waals surface area (Å²) in [7, 11) is 0. The van der Waals surface area contributed by atoms with Crippen molar-refractivity contribution in [3.05, 3.63) is 76.1 Å². The van der Waals surface area contributed by atoms with Crippen LogP contribution in [-0.2, 0) is 6.54 Å². The molecule has 4 nitrogen and oxygen atoms in total. The minimum absolute atomic E-state index is 0.573. The van der Waals surface area contributed by atoms with Crippen LogP contribution < -0.4 is 0 Å². The third-order valence-corrected chi connectivity index (χ3v) is 4.68. The zero-order valence-corrected chi connectivity index (χ0v) is 14.5. The van der Waals surface area contributed by atoms with E-state index in [0.717, 1.165) is 39.7 Å². The summed E-state index contributed by atoms with van der Waals surface area (Å²) in [6.07, 6.45) is 3.83. The molecule has 0 atom stereocenters. The topological polar surface area (TPSA) is 43.1 Å². The first-order chi connectivity index (χ1) is 11.5. The van der Waals surface area contributed by atoms with Crippen molar-refractivity contribution in [2.24, 2.45) is 4.99 Å². The second-order valence-corrected chi connectivity index (χ2v) is 6.46. The molecular formula is C20H20N4. The van der Waals surface area contributed by atoms with E-state index in [1.165, 1.54) is 11.1 Å². The van der Waals surface area contributed by atoms with Crippen LogP contribution >= 0.6 is 0 Å². The van der Waals surface area contributed by atoms with Gasteiger partial charge in [0.1, 0.15) is 5.82 Å². The van der Waals surface area contributed by atoms with Crippen molar-refractivity contribution in [2.45, 2.75) is 34.2 Å². The standard InChI is InChI=1S/C20H20N4/c1-12-7-17-18(8-13(12)2)24-15(4)9-22-19(24)11-23-20(17)16-6-5-14(3)21-10-16/h5-10H,11H2,1-4H3. The molecule has 4 heteroatoms. The fourth-order valence-electron chi connectivity index (χ4n) is 3.19. The highest BCUT2D eigenvalue weighted by Crippen LogP contribution is 2.28. The van der Waals surface area contributed by atoms with E-state index in [1.54, 1.807) is 0 Å². The lowest BCUT2D eigenvalue weighted by atomic mass is 9.97. The first kappa shape index (κ1) is 14.8. The van der Waals surface area contributed by atoms with Crippen molar-refractivity contribution in [2.75, 3.05) is 0 Å². The average Bonchev–Trinajstić information content (AvgIpc) is 2.85. The first-order valence-electron chi connectivity index (χ1n) is 8.17. The Hall–Kier alpha value is -2.75. The van der Waals surface area contributed by atoms with E-state index in [9.17, 15) is 0 Å². The van der Waals surface area contributed by atoms with Crippen molar-refractivity contribution < 1.29 is 0 Å². The third kappa shape index (κ3) is 2.26. The van der Waals surface area contributed by atoms with Crippen LogP contribution in [0.4, 0.5) is 0 Å². The van der Waals surface area contributed by atoms with Gasteiger partial charge in [-0.1, -0.05) is 0 Å². The molecule has 0 aliphatic carbocycles. The van der Waals surface area contributed by atoms with Gasteiger partial charge in [-0.3, -0.25) is 14.5 Å². The van der Waals surface area contributed by atoms with E-state index in [2.05, 4.69) is 53.5 Å². The Balaban J connectivity index is 2.01. The number of hydrogen-bond acceptors (Lipinski definition) is 3. The monoisotopic (exact) mass is 316 g/mol. The van der Waals surface area contributed by atoms with Crippen molar-refractivity contribution >= 4 is 5.71 Å². The highest BCUT2D eigenvalue weighted by atomic mass is 15.1. The van der Waals surface area contributed by atoms with Gasteiger partial charge in [0.05, 0.1) is 17.9 Å². The van der Waals surface area contributed by atoms with Crippen molar-refractivity contribution in [1.82, 2.24) is 14.5 Å². The van der Waals surface area contributed by atoms with Crippen LogP contribution in [0, 0.1) is 27.7 Å². The Morgan fingerprint density at radius 3 is 2.46 bits per heavy atom.